The van der Waals surface area contributed by atoms with Crippen LogP contribution in [0.2, 0.25) is 0 Å². The summed E-state index contributed by atoms with van der Waals surface area (Å²) >= 11 is 12.4. The van der Waals surface area contributed by atoms with E-state index < -0.39 is 0 Å². The van der Waals surface area contributed by atoms with Crippen molar-refractivity contribution in [3.8, 4) is 0 Å². The largest absolute Gasteiger partial charge is 0.308 e. The zero-order chi connectivity index (χ0) is 10.6. The molecule has 0 fully saturated rings. The molecule has 1 rings (SSSR count). The normalized spacial score (nSPS) is 14.5. The first-order valence-corrected chi connectivity index (χ1v) is 5.46. The number of hydrogen-bond donors (Lipinski definition) is 0. The quantitative estimate of drug-likeness (QED) is 0.755. The van der Waals surface area contributed by atoms with Gasteiger partial charge in [0.1, 0.15) is 0 Å². The van der Waals surface area contributed by atoms with Crippen molar-refractivity contribution in [1.82, 2.24) is 4.90 Å². The van der Waals surface area contributed by atoms with Gasteiger partial charge in [0, 0.05) is 6.54 Å². The minimum absolute atomic E-state index is 0. The van der Waals surface area contributed by atoms with Crippen LogP contribution < -0.4 is 0 Å². The lowest BCUT2D eigenvalue weighted by Gasteiger charge is -2.19. The van der Waals surface area contributed by atoms with Crippen molar-refractivity contribution in [3.63, 3.8) is 0 Å². The van der Waals surface area contributed by atoms with Gasteiger partial charge in [-0.15, -0.1) is 35.6 Å². The maximum Gasteiger partial charge on any atom is 0.0761 e. The van der Waals surface area contributed by atoms with E-state index in [2.05, 4.69) is 0 Å². The van der Waals surface area contributed by atoms with Crippen LogP contribution in [-0.2, 0) is 0 Å². The molecule has 2 atom stereocenters. The zero-order valence-corrected chi connectivity index (χ0v) is 11.2. The van der Waals surface area contributed by atoms with Crippen molar-refractivity contribution >= 4 is 35.6 Å². The summed E-state index contributed by atoms with van der Waals surface area (Å²) in [6, 6.07) is 9.93. The van der Waals surface area contributed by atoms with Crippen LogP contribution in [0.25, 0.3) is 0 Å². The Morgan fingerprint density at radius 3 is 2.13 bits per heavy atom. The van der Waals surface area contributed by atoms with E-state index in [4.69, 9.17) is 23.2 Å². The molecule has 0 saturated carbocycles. The highest BCUT2D eigenvalue weighted by Crippen LogP contribution is 2.27. The standard InChI is InChI=1S/C11H15Cl2N.ClH/c1-14(2)8-10(12)11(13)9-6-4-3-5-7-9;/h3-7,10-11H,8H2,1-2H3;1H. The predicted molar refractivity (Wildman–Crippen MR) is 70.5 cm³/mol. The average molecular weight is 269 g/mol. The molecule has 0 aliphatic carbocycles. The van der Waals surface area contributed by atoms with Gasteiger partial charge in [0.25, 0.3) is 0 Å². The SMILES string of the molecule is CN(C)CC(Cl)C(Cl)c1ccccc1.Cl. The van der Waals surface area contributed by atoms with E-state index in [0.29, 0.717) is 0 Å². The van der Waals surface area contributed by atoms with Crippen molar-refractivity contribution in [2.24, 2.45) is 0 Å². The van der Waals surface area contributed by atoms with Gasteiger partial charge in [-0.25, -0.2) is 0 Å². The Morgan fingerprint density at radius 2 is 1.67 bits per heavy atom. The fraction of sp³-hybridized carbons (Fsp3) is 0.455. The summed E-state index contributed by atoms with van der Waals surface area (Å²) in [6.07, 6.45) is 0. The van der Waals surface area contributed by atoms with Gasteiger partial charge >= 0.3 is 0 Å². The maximum atomic E-state index is 6.24. The summed E-state index contributed by atoms with van der Waals surface area (Å²) < 4.78 is 0. The Bertz CT molecular complexity index is 264. The molecule has 0 N–H and O–H groups in total. The van der Waals surface area contributed by atoms with Gasteiger partial charge in [0.05, 0.1) is 10.8 Å². The van der Waals surface area contributed by atoms with Crippen LogP contribution in [0.3, 0.4) is 0 Å². The van der Waals surface area contributed by atoms with Gasteiger partial charge in [-0.3, -0.25) is 0 Å². The van der Waals surface area contributed by atoms with Gasteiger partial charge in [0.2, 0.25) is 0 Å². The highest BCUT2D eigenvalue weighted by molar-refractivity contribution is 6.30. The van der Waals surface area contributed by atoms with Crippen LogP contribution in [0.5, 0.6) is 0 Å². The molecule has 0 aliphatic rings. The van der Waals surface area contributed by atoms with Gasteiger partial charge in [-0.2, -0.15) is 0 Å². The molecule has 1 aromatic rings. The second kappa shape index (κ2) is 7.34. The molecule has 0 aliphatic heterocycles. The third-order valence-electron chi connectivity index (χ3n) is 1.98. The summed E-state index contributed by atoms with van der Waals surface area (Å²) in [5.74, 6) is 0. The first-order valence-electron chi connectivity index (χ1n) is 4.59. The van der Waals surface area contributed by atoms with E-state index in [-0.39, 0.29) is 23.2 Å². The molecule has 2 unspecified atom stereocenters. The lowest BCUT2D eigenvalue weighted by Crippen LogP contribution is -2.25. The Kier molecular flexibility index (Phi) is 7.37. The van der Waals surface area contributed by atoms with Crippen LogP contribution in [-0.4, -0.2) is 30.9 Å². The molecular weight excluding hydrogens is 252 g/mol. The first kappa shape index (κ1) is 15.0. The topological polar surface area (TPSA) is 3.24 Å². The van der Waals surface area contributed by atoms with Crippen molar-refractivity contribution in [1.29, 1.82) is 0 Å². The molecule has 0 saturated heterocycles. The molecule has 0 heterocycles. The van der Waals surface area contributed by atoms with Crippen LogP contribution in [0, 0.1) is 0 Å². The number of alkyl halides is 2. The molecule has 0 bridgehead atoms. The summed E-state index contributed by atoms with van der Waals surface area (Å²) in [4.78, 5) is 2.04. The second-order valence-corrected chi connectivity index (χ2v) is 4.62. The summed E-state index contributed by atoms with van der Waals surface area (Å²) in [7, 11) is 3.98. The van der Waals surface area contributed by atoms with Crippen molar-refractivity contribution < 1.29 is 0 Å². The summed E-state index contributed by atoms with van der Waals surface area (Å²) in [5, 5.41) is -0.186. The van der Waals surface area contributed by atoms with Crippen molar-refractivity contribution in [2.75, 3.05) is 20.6 Å². The van der Waals surface area contributed by atoms with E-state index >= 15 is 0 Å². The molecule has 1 nitrogen and oxygen atoms in total. The molecule has 1 aromatic carbocycles. The molecular formula is C11H16Cl3N. The highest BCUT2D eigenvalue weighted by atomic mass is 35.5. The average Bonchev–Trinajstić information content (AvgIpc) is 2.17. The molecule has 0 spiro atoms. The van der Waals surface area contributed by atoms with Crippen molar-refractivity contribution in [3.05, 3.63) is 35.9 Å². The van der Waals surface area contributed by atoms with Crippen LogP contribution in [0.4, 0.5) is 0 Å². The lowest BCUT2D eigenvalue weighted by molar-refractivity contribution is 0.401. The smallest absolute Gasteiger partial charge is 0.0761 e. The second-order valence-electron chi connectivity index (χ2n) is 3.59. The van der Waals surface area contributed by atoms with Crippen LogP contribution in [0.1, 0.15) is 10.9 Å². The monoisotopic (exact) mass is 267 g/mol. The van der Waals surface area contributed by atoms with E-state index in [1.165, 1.54) is 0 Å². The van der Waals surface area contributed by atoms with Crippen LogP contribution >= 0.6 is 35.6 Å². The first-order chi connectivity index (χ1) is 6.61. The van der Waals surface area contributed by atoms with Gasteiger partial charge < -0.3 is 4.90 Å². The third-order valence-corrected chi connectivity index (χ3v) is 3.05. The number of nitrogens with zero attached hydrogens (tertiary/aromatic N) is 1. The molecule has 0 amide bonds. The van der Waals surface area contributed by atoms with Gasteiger partial charge in [-0.05, 0) is 19.7 Å². The number of rotatable bonds is 4. The van der Waals surface area contributed by atoms with E-state index in [0.717, 1.165) is 12.1 Å². The van der Waals surface area contributed by atoms with Crippen LogP contribution in [0.15, 0.2) is 30.3 Å². The fourth-order valence-corrected chi connectivity index (χ4v) is 1.93. The molecule has 86 valence electrons. The Morgan fingerprint density at radius 1 is 1.13 bits per heavy atom. The molecule has 0 radical (unpaired) electrons. The minimum Gasteiger partial charge on any atom is -0.308 e. The van der Waals surface area contributed by atoms with E-state index in [1.807, 2.05) is 49.3 Å². The van der Waals surface area contributed by atoms with E-state index in [9.17, 15) is 0 Å². The Labute approximate surface area is 108 Å². The fourth-order valence-electron chi connectivity index (χ4n) is 1.29. The zero-order valence-electron chi connectivity index (χ0n) is 8.86. The predicted octanol–water partition coefficient (Wildman–Crippen LogP) is 3.56. The lowest BCUT2D eigenvalue weighted by atomic mass is 10.1. The maximum absolute atomic E-state index is 6.24. The number of hydrogen-bond acceptors (Lipinski definition) is 1. The highest BCUT2D eigenvalue weighted by Gasteiger charge is 2.18. The van der Waals surface area contributed by atoms with E-state index in [1.54, 1.807) is 0 Å². The molecule has 4 heteroatoms. The Balaban J connectivity index is 0.00000196. The minimum atomic E-state index is -0.125. The summed E-state index contributed by atoms with van der Waals surface area (Å²) in [5.41, 5.74) is 1.08. The number of benzene rings is 1. The summed E-state index contributed by atoms with van der Waals surface area (Å²) in [6.45, 7) is 0.782. The van der Waals surface area contributed by atoms with Crippen molar-refractivity contribution in [2.45, 2.75) is 10.8 Å². The third kappa shape index (κ3) is 5.07. The van der Waals surface area contributed by atoms with Gasteiger partial charge in [0.15, 0.2) is 0 Å². The number of halogens is 3. The molecule has 0 aromatic heterocycles. The Hall–Kier alpha value is 0.0500. The van der Waals surface area contributed by atoms with Gasteiger partial charge in [-0.1, -0.05) is 30.3 Å². The molecule has 15 heavy (non-hydrogen) atoms.